The summed E-state index contributed by atoms with van der Waals surface area (Å²) in [7, 11) is 0. The Kier molecular flexibility index (Phi) is 7.21. The van der Waals surface area contributed by atoms with E-state index in [0.29, 0.717) is 0 Å². The van der Waals surface area contributed by atoms with Gasteiger partial charge in [0.05, 0.1) is 17.1 Å². The number of nitrogens with zero attached hydrogens (tertiary/aromatic N) is 3. The lowest BCUT2D eigenvalue weighted by molar-refractivity contribution is 0.238. The van der Waals surface area contributed by atoms with Crippen LogP contribution >= 0.6 is 12.4 Å². The van der Waals surface area contributed by atoms with Gasteiger partial charge in [-0.1, -0.05) is 42.5 Å². The molecule has 1 saturated heterocycles. The van der Waals surface area contributed by atoms with Crippen molar-refractivity contribution in [2.24, 2.45) is 0 Å². The Hall–Kier alpha value is -3.08. The monoisotopic (exact) mass is 485 g/mol. The molecular formula is C30H32ClN3O. The molecule has 35 heavy (non-hydrogen) atoms. The molecule has 6 rings (SSSR count). The molecule has 1 aliphatic heterocycles. The van der Waals surface area contributed by atoms with E-state index in [1.165, 1.54) is 53.9 Å². The van der Waals surface area contributed by atoms with Gasteiger partial charge in [-0.15, -0.1) is 12.4 Å². The molecule has 5 heteroatoms. The summed E-state index contributed by atoms with van der Waals surface area (Å²) < 4.78 is 8.21. The summed E-state index contributed by atoms with van der Waals surface area (Å²) in [6, 6.07) is 27.8. The van der Waals surface area contributed by atoms with Gasteiger partial charge in [0.2, 0.25) is 0 Å². The second kappa shape index (κ2) is 10.7. The molecule has 1 aromatic heterocycles. The normalized spacial score (nSPS) is 15.1. The van der Waals surface area contributed by atoms with E-state index in [4.69, 9.17) is 9.84 Å². The third kappa shape index (κ3) is 4.86. The third-order valence-corrected chi connectivity index (χ3v) is 7.13. The van der Waals surface area contributed by atoms with Gasteiger partial charge in [0, 0.05) is 23.2 Å². The average molecular weight is 486 g/mol. The summed E-state index contributed by atoms with van der Waals surface area (Å²) in [5.74, 6) is 0.935. The standard InChI is InChI=1S/C30H31N3O.ClH/c1-2-11-25(12-3-1)33-30(28-14-8-10-23-9-4-5-13-27(23)29(28)31-33)24-15-17-26(18-16-24)34-22-21-32-19-6-7-20-32;/h1-5,9,11-13,15-18H,6-8,10,14,19-22H2;1H. The lowest BCUT2D eigenvalue weighted by Gasteiger charge is -2.15. The Morgan fingerprint density at radius 3 is 2.31 bits per heavy atom. The molecule has 3 aromatic carbocycles. The van der Waals surface area contributed by atoms with Crippen LogP contribution in [0, 0.1) is 0 Å². The molecule has 0 N–H and O–H groups in total. The molecule has 0 bridgehead atoms. The summed E-state index contributed by atoms with van der Waals surface area (Å²) in [5, 5.41) is 5.19. The van der Waals surface area contributed by atoms with Crippen molar-refractivity contribution in [1.82, 2.24) is 14.7 Å². The second-order valence-electron chi connectivity index (χ2n) is 9.36. The number of likely N-dealkylation sites (tertiary alicyclic amines) is 1. The van der Waals surface area contributed by atoms with Gasteiger partial charge in [0.25, 0.3) is 0 Å². The van der Waals surface area contributed by atoms with Crippen LogP contribution in [0.1, 0.15) is 30.4 Å². The van der Waals surface area contributed by atoms with Crippen LogP contribution in [-0.2, 0) is 12.8 Å². The molecule has 1 fully saturated rings. The molecule has 2 heterocycles. The zero-order chi connectivity index (χ0) is 22.7. The van der Waals surface area contributed by atoms with Crippen LogP contribution in [0.4, 0.5) is 0 Å². The van der Waals surface area contributed by atoms with Crippen molar-refractivity contribution in [3.8, 4) is 34.0 Å². The number of rotatable bonds is 6. The highest BCUT2D eigenvalue weighted by Crippen LogP contribution is 2.39. The number of hydrogen-bond acceptors (Lipinski definition) is 3. The number of aromatic nitrogens is 2. The number of halogens is 1. The fourth-order valence-electron chi connectivity index (χ4n) is 5.39. The van der Waals surface area contributed by atoms with Gasteiger partial charge in [0.15, 0.2) is 0 Å². The minimum atomic E-state index is 0. The van der Waals surface area contributed by atoms with Gasteiger partial charge in [-0.2, -0.15) is 5.10 Å². The van der Waals surface area contributed by atoms with Gasteiger partial charge in [0.1, 0.15) is 12.4 Å². The van der Waals surface area contributed by atoms with Gasteiger partial charge in [-0.05, 0) is 87.2 Å². The Labute approximate surface area is 214 Å². The molecule has 0 radical (unpaired) electrons. The zero-order valence-corrected chi connectivity index (χ0v) is 20.8. The van der Waals surface area contributed by atoms with Crippen LogP contribution in [0.15, 0.2) is 78.9 Å². The summed E-state index contributed by atoms with van der Waals surface area (Å²) in [5.41, 5.74) is 8.61. The number of para-hydroxylation sites is 1. The van der Waals surface area contributed by atoms with Crippen LogP contribution < -0.4 is 4.74 Å². The number of aryl methyl sites for hydroxylation is 1. The number of hydrogen-bond donors (Lipinski definition) is 0. The fourth-order valence-corrected chi connectivity index (χ4v) is 5.39. The Balaban J connectivity index is 0.00000253. The number of ether oxygens (including phenoxy) is 1. The first-order valence-corrected chi connectivity index (χ1v) is 12.6. The lowest BCUT2D eigenvalue weighted by Crippen LogP contribution is -2.25. The average Bonchev–Trinajstić information content (AvgIpc) is 3.50. The van der Waals surface area contributed by atoms with Crippen LogP contribution in [0.5, 0.6) is 5.75 Å². The summed E-state index contributed by atoms with van der Waals surface area (Å²) in [4.78, 5) is 2.49. The molecule has 0 spiro atoms. The van der Waals surface area contributed by atoms with Crippen molar-refractivity contribution in [2.45, 2.75) is 32.1 Å². The number of benzene rings is 3. The number of fused-ring (bicyclic) bond motifs is 3. The predicted octanol–water partition coefficient (Wildman–Crippen LogP) is 6.59. The third-order valence-electron chi connectivity index (χ3n) is 7.13. The van der Waals surface area contributed by atoms with Crippen molar-refractivity contribution in [3.63, 3.8) is 0 Å². The molecule has 0 unspecified atom stereocenters. The lowest BCUT2D eigenvalue weighted by atomic mass is 9.99. The van der Waals surface area contributed by atoms with E-state index in [0.717, 1.165) is 49.5 Å². The maximum atomic E-state index is 6.07. The van der Waals surface area contributed by atoms with E-state index in [-0.39, 0.29) is 12.4 Å². The molecule has 4 aromatic rings. The van der Waals surface area contributed by atoms with E-state index in [1.807, 2.05) is 0 Å². The van der Waals surface area contributed by atoms with Gasteiger partial charge in [-0.3, -0.25) is 4.90 Å². The van der Waals surface area contributed by atoms with E-state index < -0.39 is 0 Å². The highest BCUT2D eigenvalue weighted by molar-refractivity contribution is 5.85. The maximum Gasteiger partial charge on any atom is 0.119 e. The summed E-state index contributed by atoms with van der Waals surface area (Å²) in [6.07, 6.45) is 5.90. The van der Waals surface area contributed by atoms with Crippen molar-refractivity contribution >= 4 is 12.4 Å². The molecule has 0 amide bonds. The van der Waals surface area contributed by atoms with Crippen molar-refractivity contribution in [1.29, 1.82) is 0 Å². The first-order chi connectivity index (χ1) is 16.9. The van der Waals surface area contributed by atoms with Crippen LogP contribution in [-0.4, -0.2) is 40.9 Å². The quantitative estimate of drug-likeness (QED) is 0.308. The first-order valence-electron chi connectivity index (χ1n) is 12.6. The summed E-state index contributed by atoms with van der Waals surface area (Å²) in [6.45, 7) is 4.17. The maximum absolute atomic E-state index is 6.07. The van der Waals surface area contributed by atoms with Crippen LogP contribution in [0.25, 0.3) is 28.2 Å². The van der Waals surface area contributed by atoms with Crippen LogP contribution in [0.3, 0.4) is 0 Å². The molecule has 0 atom stereocenters. The predicted molar refractivity (Wildman–Crippen MR) is 145 cm³/mol. The van der Waals surface area contributed by atoms with Gasteiger partial charge < -0.3 is 4.74 Å². The van der Waals surface area contributed by atoms with Crippen molar-refractivity contribution < 1.29 is 4.74 Å². The van der Waals surface area contributed by atoms with E-state index >= 15 is 0 Å². The molecular weight excluding hydrogens is 454 g/mol. The fraction of sp³-hybridized carbons (Fsp3) is 0.300. The Morgan fingerprint density at radius 2 is 1.51 bits per heavy atom. The zero-order valence-electron chi connectivity index (χ0n) is 20.0. The van der Waals surface area contributed by atoms with E-state index in [1.54, 1.807) is 0 Å². The van der Waals surface area contributed by atoms with Gasteiger partial charge in [-0.25, -0.2) is 4.68 Å². The largest absolute Gasteiger partial charge is 0.492 e. The van der Waals surface area contributed by atoms with Crippen LogP contribution in [0.2, 0.25) is 0 Å². The summed E-state index contributed by atoms with van der Waals surface area (Å²) >= 11 is 0. The Bertz CT molecular complexity index is 1260. The molecule has 180 valence electrons. The SMILES string of the molecule is Cl.c1ccc(-n2nc3c(c2-c2ccc(OCCN4CCCC4)cc2)CCCc2ccccc2-3)cc1. The molecule has 2 aliphatic rings. The minimum Gasteiger partial charge on any atom is -0.492 e. The highest BCUT2D eigenvalue weighted by Gasteiger charge is 2.24. The van der Waals surface area contributed by atoms with E-state index in [2.05, 4.69) is 88.4 Å². The molecule has 0 saturated carbocycles. The highest BCUT2D eigenvalue weighted by atomic mass is 35.5. The van der Waals surface area contributed by atoms with E-state index in [9.17, 15) is 0 Å². The van der Waals surface area contributed by atoms with Crippen molar-refractivity contribution in [2.75, 3.05) is 26.2 Å². The van der Waals surface area contributed by atoms with Crippen molar-refractivity contribution in [3.05, 3.63) is 90.0 Å². The molecule has 1 aliphatic carbocycles. The molecule has 4 nitrogen and oxygen atoms in total. The smallest absolute Gasteiger partial charge is 0.119 e. The minimum absolute atomic E-state index is 0. The second-order valence-corrected chi connectivity index (χ2v) is 9.36. The first kappa shape index (κ1) is 23.7. The van der Waals surface area contributed by atoms with Gasteiger partial charge >= 0.3 is 0 Å². The topological polar surface area (TPSA) is 30.3 Å². The Morgan fingerprint density at radius 1 is 0.771 bits per heavy atom.